The van der Waals surface area contributed by atoms with Gasteiger partial charge in [-0.05, 0) is 0 Å². The average Bonchev–Trinajstić information content (AvgIpc) is 3.20. The van der Waals surface area contributed by atoms with Crippen molar-refractivity contribution >= 4 is 52.2 Å². The number of carbonyl (C=O) groups is 5. The molecule has 0 radical (unpaired) electrons. The second-order valence-corrected chi connectivity index (χ2v) is 14.6. The Morgan fingerprint density at radius 1 is 0.462 bits per heavy atom. The van der Waals surface area contributed by atoms with Gasteiger partial charge in [0.15, 0.2) is 0 Å². The van der Waals surface area contributed by atoms with Crippen LogP contribution in [0.25, 0.3) is 0 Å². The summed E-state index contributed by atoms with van der Waals surface area (Å²) in [5.74, 6) is -3.17. The molecule has 6 rings (SSSR count). The second kappa shape index (κ2) is 17.6. The van der Waals surface area contributed by atoms with Gasteiger partial charge < -0.3 is 0 Å². The van der Waals surface area contributed by atoms with Crippen LogP contribution in [0.5, 0.6) is 0 Å². The summed E-state index contributed by atoms with van der Waals surface area (Å²) < 4.78 is 30.5. The molecule has 0 amide bonds. The van der Waals surface area contributed by atoms with Crippen LogP contribution >= 0.6 is 0 Å². The van der Waals surface area contributed by atoms with Crippen molar-refractivity contribution < 1.29 is 47.7 Å². The van der Waals surface area contributed by atoms with Crippen molar-refractivity contribution in [3.63, 3.8) is 0 Å². The van der Waals surface area contributed by atoms with E-state index in [-0.39, 0.29) is 22.3 Å². The van der Waals surface area contributed by atoms with Crippen molar-refractivity contribution in [1.29, 1.82) is 0 Å². The Bertz CT molecular complexity index is 1980. The molecule has 5 atom stereocenters. The Balaban J connectivity index is 1.42. The van der Waals surface area contributed by atoms with Crippen molar-refractivity contribution in [3.05, 3.63) is 174 Å². The quantitative estimate of drug-likeness (QED) is 0.0980. The van der Waals surface area contributed by atoms with E-state index in [0.717, 1.165) is 3.61 Å². The minimum absolute atomic E-state index is 0.156. The average molecular weight is 812 g/mol. The van der Waals surface area contributed by atoms with Crippen LogP contribution in [0, 0.1) is 0 Å². The first-order valence-corrected chi connectivity index (χ1v) is 18.6. The fourth-order valence-corrected chi connectivity index (χ4v) is 7.79. The van der Waals surface area contributed by atoms with Crippen LogP contribution < -0.4 is 3.61 Å². The number of carbonyl (C=O) groups excluding carboxylic acids is 5. The van der Waals surface area contributed by atoms with Gasteiger partial charge in [-0.1, -0.05) is 0 Å². The van der Waals surface area contributed by atoms with Gasteiger partial charge >= 0.3 is 311 Å². The number of rotatable bonds is 12. The molecule has 262 valence electrons. The van der Waals surface area contributed by atoms with Crippen LogP contribution in [0.4, 0.5) is 0 Å². The van der Waals surface area contributed by atoms with E-state index in [1.807, 2.05) is 18.2 Å². The van der Waals surface area contributed by atoms with Crippen LogP contribution in [-0.4, -0.2) is 85.8 Å². The molecule has 0 bridgehead atoms. The van der Waals surface area contributed by atoms with Crippen LogP contribution in [-0.2, 0) is 28.5 Å². The van der Waals surface area contributed by atoms with Crippen molar-refractivity contribution in [2.45, 2.75) is 30.5 Å². The minimum atomic E-state index is -1.64. The molecule has 1 saturated heterocycles. The Hall–Kier alpha value is -5.60. The molecule has 0 saturated carbocycles. The topological polar surface area (TPSA) is 132 Å². The second-order valence-electron chi connectivity index (χ2n) is 11.5. The first kappa shape index (κ1) is 36.2. The summed E-state index contributed by atoms with van der Waals surface area (Å²) in [6.07, 6.45) is -7.50. The summed E-state index contributed by atoms with van der Waals surface area (Å²) in [6.45, 7) is -0.505. The van der Waals surface area contributed by atoms with Gasteiger partial charge in [-0.15, -0.1) is 0 Å². The Morgan fingerprint density at radius 2 is 0.827 bits per heavy atom. The number of benzene rings is 5. The first-order chi connectivity index (χ1) is 25.4. The van der Waals surface area contributed by atoms with E-state index in [1.54, 1.807) is 97.1 Å². The molecule has 11 heteroatoms. The maximum atomic E-state index is 14.2. The number of esters is 4. The van der Waals surface area contributed by atoms with Crippen LogP contribution in [0.1, 0.15) is 41.4 Å². The molecule has 1 aliphatic rings. The van der Waals surface area contributed by atoms with Gasteiger partial charge in [-0.2, -0.15) is 0 Å². The molecule has 0 aliphatic carbocycles. The number of hydrogen-bond acceptors (Lipinski definition) is 10. The summed E-state index contributed by atoms with van der Waals surface area (Å²) in [6, 6.07) is 41.5. The molecule has 0 spiro atoms. The molecule has 5 aromatic carbocycles. The Morgan fingerprint density at radius 3 is 1.27 bits per heavy atom. The summed E-state index contributed by atoms with van der Waals surface area (Å²) in [5, 5.41) is 0. The van der Waals surface area contributed by atoms with Crippen LogP contribution in [0.15, 0.2) is 152 Å². The molecule has 5 aromatic rings. The zero-order valence-electron chi connectivity index (χ0n) is 27.5. The molecule has 1 aliphatic heterocycles. The van der Waals surface area contributed by atoms with Gasteiger partial charge in [0.2, 0.25) is 0 Å². The summed E-state index contributed by atoms with van der Waals surface area (Å²) >= 11 is -1.64. The summed E-state index contributed by atoms with van der Waals surface area (Å²) in [5.41, 5.74) is 0.741. The van der Waals surface area contributed by atoms with Gasteiger partial charge in [0.05, 0.1) is 0 Å². The van der Waals surface area contributed by atoms with Crippen molar-refractivity contribution in [2.75, 3.05) is 6.61 Å². The van der Waals surface area contributed by atoms with Gasteiger partial charge in [-0.3, -0.25) is 0 Å². The van der Waals surface area contributed by atoms with E-state index >= 15 is 0 Å². The fourth-order valence-electron chi connectivity index (χ4n) is 5.42. The summed E-state index contributed by atoms with van der Waals surface area (Å²) in [4.78, 5) is 68.4. The molecular formula is C41H32O10Te. The standard InChI is InChI=1S/C41H32O10Te/c42-37(27-16-6-1-7-17-27)47-26-32-33(49-38(43)28-18-8-2-9-19-28)34(50-39(44)29-20-10-3-11-21-29)35(51-40(45)30-22-12-4-13-23-30)36(48-32)41(46)52-31-24-14-5-15-25-31/h1-25,32-36H,26H2/t32-,33-,34+,35-,36?/m1/s1. The Labute approximate surface area is 309 Å². The van der Waals surface area contributed by atoms with E-state index in [9.17, 15) is 24.0 Å². The zero-order chi connectivity index (χ0) is 36.3. The van der Waals surface area contributed by atoms with Crippen molar-refractivity contribution in [1.82, 2.24) is 0 Å². The van der Waals surface area contributed by atoms with Crippen molar-refractivity contribution in [3.8, 4) is 0 Å². The molecule has 52 heavy (non-hydrogen) atoms. The normalized spacial score (nSPS) is 19.4. The van der Waals surface area contributed by atoms with Crippen LogP contribution in [0.3, 0.4) is 0 Å². The number of ether oxygens (including phenoxy) is 5. The van der Waals surface area contributed by atoms with Gasteiger partial charge in [0.1, 0.15) is 0 Å². The molecule has 1 fully saturated rings. The molecule has 1 heterocycles. The number of hydrogen-bond donors (Lipinski definition) is 0. The SMILES string of the molecule is O=C(OC[C@H]1OC(C(=O)[Te]c2ccccc2)[C@H](OC(=O)c2ccccc2)[C@@H](OC(=O)c2ccccc2)[C@@H]1OC(=O)c1ccccc1)c1ccccc1. The predicted octanol–water partition coefficient (Wildman–Crippen LogP) is 4.84. The van der Waals surface area contributed by atoms with E-state index in [2.05, 4.69) is 0 Å². The third-order valence-corrected chi connectivity index (χ3v) is 10.7. The first-order valence-electron chi connectivity index (χ1n) is 16.3. The molecule has 0 aromatic heterocycles. The van der Waals surface area contributed by atoms with E-state index in [4.69, 9.17) is 23.7 Å². The molecule has 1 unspecified atom stereocenters. The maximum absolute atomic E-state index is 14.2. The molecule has 10 nitrogen and oxygen atoms in total. The zero-order valence-corrected chi connectivity index (χ0v) is 29.8. The van der Waals surface area contributed by atoms with Gasteiger partial charge in [0.25, 0.3) is 0 Å². The third kappa shape index (κ3) is 9.19. The monoisotopic (exact) mass is 814 g/mol. The Kier molecular flexibility index (Phi) is 12.2. The van der Waals surface area contributed by atoms with E-state index < -0.39 is 85.8 Å². The van der Waals surface area contributed by atoms with Gasteiger partial charge in [0, 0.05) is 0 Å². The summed E-state index contributed by atoms with van der Waals surface area (Å²) in [7, 11) is 0. The molecular weight excluding hydrogens is 780 g/mol. The van der Waals surface area contributed by atoms with Crippen LogP contribution in [0.2, 0.25) is 0 Å². The fraction of sp³-hybridized carbons (Fsp3) is 0.146. The van der Waals surface area contributed by atoms with Crippen molar-refractivity contribution in [2.24, 2.45) is 0 Å². The van der Waals surface area contributed by atoms with E-state index in [0.29, 0.717) is 0 Å². The van der Waals surface area contributed by atoms with Gasteiger partial charge in [-0.25, -0.2) is 0 Å². The van der Waals surface area contributed by atoms with E-state index in [1.165, 1.54) is 36.4 Å². The molecule has 0 N–H and O–H groups in total. The predicted molar refractivity (Wildman–Crippen MR) is 189 cm³/mol. The third-order valence-electron chi connectivity index (χ3n) is 7.97.